The molecule has 4 nitrogen and oxygen atoms in total. The minimum Gasteiger partial charge on any atom is -0.390 e. The van der Waals surface area contributed by atoms with Gasteiger partial charge in [-0.2, -0.15) is 0 Å². The molecule has 21 heavy (non-hydrogen) atoms. The van der Waals surface area contributed by atoms with Crippen LogP contribution in [-0.4, -0.2) is 42.5 Å². The fourth-order valence-corrected chi connectivity index (χ4v) is 2.72. The molecule has 1 atom stereocenters. The maximum atomic E-state index is 11.9. The highest BCUT2D eigenvalue weighted by Crippen LogP contribution is 2.26. The highest BCUT2D eigenvalue weighted by molar-refractivity contribution is 6.18. The van der Waals surface area contributed by atoms with E-state index in [1.807, 2.05) is 18.2 Å². The van der Waals surface area contributed by atoms with Crippen molar-refractivity contribution in [2.24, 2.45) is 0 Å². The number of piperidine rings is 1. The van der Waals surface area contributed by atoms with Crippen LogP contribution in [0, 0.1) is 0 Å². The Kier molecular flexibility index (Phi) is 5.88. The molecule has 0 bridgehead atoms. The van der Waals surface area contributed by atoms with Crippen LogP contribution in [0.4, 0.5) is 11.4 Å². The van der Waals surface area contributed by atoms with Gasteiger partial charge in [-0.05, 0) is 44.4 Å². The topological polar surface area (TPSA) is 52.6 Å². The third-order valence-electron chi connectivity index (χ3n) is 3.81. The lowest BCUT2D eigenvalue weighted by atomic mass is 10.1. The van der Waals surface area contributed by atoms with E-state index in [0.717, 1.165) is 24.5 Å². The zero-order chi connectivity index (χ0) is 15.2. The molecule has 0 saturated carbocycles. The van der Waals surface area contributed by atoms with E-state index in [-0.39, 0.29) is 11.7 Å². The van der Waals surface area contributed by atoms with Crippen LogP contribution in [0.25, 0.3) is 0 Å². The number of aliphatic hydroxyl groups excluding tert-OH is 1. The fraction of sp³-hybridized carbons (Fsp3) is 0.562. The summed E-state index contributed by atoms with van der Waals surface area (Å²) in [6, 6.07) is 5.90. The highest BCUT2D eigenvalue weighted by Gasteiger charge is 2.15. The Morgan fingerprint density at radius 1 is 1.38 bits per heavy atom. The second kappa shape index (κ2) is 7.66. The molecular weight excluding hydrogens is 288 g/mol. The smallest absolute Gasteiger partial charge is 0.161 e. The van der Waals surface area contributed by atoms with Gasteiger partial charge in [-0.3, -0.25) is 4.79 Å². The molecule has 0 amide bonds. The number of nitrogens with one attached hydrogen (secondary N) is 1. The standard InChI is InChI=1S/C16H23ClN2O2/c1-12(20)15-9-13(19-7-3-2-4-8-19)5-6-16(15)18-11-14(21)10-17/h5-6,9,14,18,21H,2-4,7-8,10-11H2,1H3. The Labute approximate surface area is 131 Å². The number of nitrogens with zero attached hydrogens (tertiary/aromatic N) is 1. The quantitative estimate of drug-likeness (QED) is 0.626. The van der Waals surface area contributed by atoms with Crippen molar-refractivity contribution in [3.05, 3.63) is 23.8 Å². The van der Waals surface area contributed by atoms with E-state index < -0.39 is 6.10 Å². The van der Waals surface area contributed by atoms with Gasteiger partial charge >= 0.3 is 0 Å². The van der Waals surface area contributed by atoms with Crippen LogP contribution in [0.2, 0.25) is 0 Å². The first-order chi connectivity index (χ1) is 10.1. The monoisotopic (exact) mass is 310 g/mol. The summed E-state index contributed by atoms with van der Waals surface area (Å²) in [5.41, 5.74) is 2.52. The summed E-state index contributed by atoms with van der Waals surface area (Å²) >= 11 is 5.58. The van der Waals surface area contributed by atoms with Gasteiger partial charge in [-0.25, -0.2) is 0 Å². The number of rotatable bonds is 6. The molecule has 1 unspecified atom stereocenters. The van der Waals surface area contributed by atoms with Crippen LogP contribution in [0.5, 0.6) is 0 Å². The van der Waals surface area contributed by atoms with Crippen LogP contribution in [-0.2, 0) is 0 Å². The molecule has 1 aliphatic heterocycles. The van der Waals surface area contributed by atoms with E-state index in [0.29, 0.717) is 12.1 Å². The van der Waals surface area contributed by atoms with Gasteiger partial charge in [0.05, 0.1) is 12.0 Å². The SMILES string of the molecule is CC(=O)c1cc(N2CCCCC2)ccc1NCC(O)CCl. The lowest BCUT2D eigenvalue weighted by Crippen LogP contribution is -2.29. The number of hydrogen-bond donors (Lipinski definition) is 2. The molecule has 1 aromatic carbocycles. The molecular formula is C16H23ClN2O2. The molecule has 0 spiro atoms. The predicted molar refractivity (Wildman–Crippen MR) is 87.7 cm³/mol. The average molecular weight is 311 g/mol. The van der Waals surface area contributed by atoms with Crippen LogP contribution in [0.3, 0.4) is 0 Å². The van der Waals surface area contributed by atoms with E-state index in [1.54, 1.807) is 6.92 Å². The largest absolute Gasteiger partial charge is 0.390 e. The van der Waals surface area contributed by atoms with Gasteiger partial charge in [0, 0.05) is 36.6 Å². The van der Waals surface area contributed by atoms with Crippen molar-refractivity contribution < 1.29 is 9.90 Å². The number of aliphatic hydroxyl groups is 1. The van der Waals surface area contributed by atoms with Crippen LogP contribution < -0.4 is 10.2 Å². The highest BCUT2D eigenvalue weighted by atomic mass is 35.5. The fourth-order valence-electron chi connectivity index (χ4n) is 2.61. The van der Waals surface area contributed by atoms with Gasteiger partial charge in [-0.15, -0.1) is 11.6 Å². The second-order valence-corrected chi connectivity index (χ2v) is 5.83. The van der Waals surface area contributed by atoms with Crippen LogP contribution >= 0.6 is 11.6 Å². The minimum atomic E-state index is -0.617. The van der Waals surface area contributed by atoms with Gasteiger partial charge in [0.25, 0.3) is 0 Å². The molecule has 1 aliphatic rings. The van der Waals surface area contributed by atoms with Crippen molar-refractivity contribution >= 4 is 28.8 Å². The number of alkyl halides is 1. The third-order valence-corrected chi connectivity index (χ3v) is 4.17. The summed E-state index contributed by atoms with van der Waals surface area (Å²) in [4.78, 5) is 14.2. The van der Waals surface area contributed by atoms with E-state index in [4.69, 9.17) is 11.6 Å². The summed E-state index contributed by atoms with van der Waals surface area (Å²) in [6.07, 6.45) is 3.08. The summed E-state index contributed by atoms with van der Waals surface area (Å²) in [5.74, 6) is 0.200. The van der Waals surface area contributed by atoms with Crippen molar-refractivity contribution in [2.75, 3.05) is 35.7 Å². The molecule has 1 saturated heterocycles. The molecule has 2 rings (SSSR count). The zero-order valence-corrected chi connectivity index (χ0v) is 13.2. The van der Waals surface area contributed by atoms with Crippen molar-refractivity contribution in [1.29, 1.82) is 0 Å². The first kappa shape index (κ1) is 16.1. The Hall–Kier alpha value is -1.26. The minimum absolute atomic E-state index is 0.0247. The molecule has 0 aromatic heterocycles. The third kappa shape index (κ3) is 4.35. The normalized spacial score (nSPS) is 16.6. The van der Waals surface area contributed by atoms with Gasteiger partial charge < -0.3 is 15.3 Å². The number of anilines is 2. The van der Waals surface area contributed by atoms with Crippen molar-refractivity contribution in [1.82, 2.24) is 0 Å². The maximum absolute atomic E-state index is 11.9. The summed E-state index contributed by atoms with van der Waals surface area (Å²) in [6.45, 7) is 4.01. The van der Waals surface area contributed by atoms with E-state index in [2.05, 4.69) is 10.2 Å². The van der Waals surface area contributed by atoms with Crippen LogP contribution in [0.15, 0.2) is 18.2 Å². The zero-order valence-electron chi connectivity index (χ0n) is 12.4. The lowest BCUT2D eigenvalue weighted by Gasteiger charge is -2.29. The van der Waals surface area contributed by atoms with E-state index in [1.165, 1.54) is 19.3 Å². The van der Waals surface area contributed by atoms with E-state index >= 15 is 0 Å². The molecule has 1 heterocycles. The Balaban J connectivity index is 2.16. The molecule has 116 valence electrons. The van der Waals surface area contributed by atoms with Crippen LogP contribution in [0.1, 0.15) is 36.5 Å². The van der Waals surface area contributed by atoms with Crippen molar-refractivity contribution in [2.45, 2.75) is 32.3 Å². The number of benzene rings is 1. The van der Waals surface area contributed by atoms with Gasteiger partial charge in [-0.1, -0.05) is 0 Å². The van der Waals surface area contributed by atoms with Crippen molar-refractivity contribution in [3.63, 3.8) is 0 Å². The van der Waals surface area contributed by atoms with E-state index in [9.17, 15) is 9.90 Å². The van der Waals surface area contributed by atoms with Gasteiger partial charge in [0.15, 0.2) is 5.78 Å². The number of Topliss-reactive ketones (excluding diaryl/α,β-unsaturated/α-hetero) is 1. The molecule has 1 fully saturated rings. The first-order valence-corrected chi connectivity index (χ1v) is 8.03. The summed E-state index contributed by atoms with van der Waals surface area (Å²) in [5, 5.41) is 12.6. The van der Waals surface area contributed by atoms with Gasteiger partial charge in [0.1, 0.15) is 0 Å². The molecule has 0 aliphatic carbocycles. The number of halogens is 1. The Morgan fingerprint density at radius 2 is 2.10 bits per heavy atom. The van der Waals surface area contributed by atoms with Crippen molar-refractivity contribution in [3.8, 4) is 0 Å². The number of hydrogen-bond acceptors (Lipinski definition) is 4. The number of carbonyl (C=O) groups is 1. The number of ketones is 1. The molecule has 0 radical (unpaired) electrons. The maximum Gasteiger partial charge on any atom is 0.161 e. The first-order valence-electron chi connectivity index (χ1n) is 7.49. The molecule has 1 aromatic rings. The Morgan fingerprint density at radius 3 is 2.71 bits per heavy atom. The van der Waals surface area contributed by atoms with Gasteiger partial charge in [0.2, 0.25) is 0 Å². The molecule has 5 heteroatoms. The second-order valence-electron chi connectivity index (χ2n) is 5.52. The summed E-state index contributed by atoms with van der Waals surface area (Å²) in [7, 11) is 0. The lowest BCUT2D eigenvalue weighted by molar-refractivity contribution is 0.101. The average Bonchev–Trinajstić information content (AvgIpc) is 2.53. The predicted octanol–water partition coefficient (Wildman–Crippen LogP) is 2.89. The molecule has 2 N–H and O–H groups in total. The summed E-state index contributed by atoms with van der Waals surface area (Å²) < 4.78 is 0. The number of carbonyl (C=O) groups excluding carboxylic acids is 1. The Bertz CT molecular complexity index is 487.